The molecule has 2 aliphatic heterocycles. The van der Waals surface area contributed by atoms with Gasteiger partial charge in [-0.2, -0.15) is 0 Å². The lowest BCUT2D eigenvalue weighted by molar-refractivity contribution is -0.00206. The summed E-state index contributed by atoms with van der Waals surface area (Å²) in [6, 6.07) is 9.32. The van der Waals surface area contributed by atoms with E-state index in [0.29, 0.717) is 11.6 Å². The van der Waals surface area contributed by atoms with Crippen LogP contribution >= 0.6 is 11.6 Å². The van der Waals surface area contributed by atoms with Crippen LogP contribution in [-0.2, 0) is 11.2 Å². The maximum absolute atomic E-state index is 13.6. The number of methoxy groups -OCH3 is 1. The van der Waals surface area contributed by atoms with Crippen LogP contribution in [0.5, 0.6) is 11.5 Å². The quantitative estimate of drug-likeness (QED) is 0.681. The van der Waals surface area contributed by atoms with Crippen LogP contribution in [0.4, 0.5) is 4.39 Å². The van der Waals surface area contributed by atoms with E-state index in [4.69, 9.17) is 21.1 Å². The molecule has 1 N–H and O–H groups in total. The molecule has 4 rings (SSSR count). The van der Waals surface area contributed by atoms with Gasteiger partial charge in [-0.05, 0) is 35.9 Å². The van der Waals surface area contributed by atoms with Gasteiger partial charge >= 0.3 is 5.97 Å². The van der Waals surface area contributed by atoms with E-state index in [-0.39, 0.29) is 23.5 Å². The summed E-state index contributed by atoms with van der Waals surface area (Å²) in [5, 5.41) is 11.1. The molecule has 2 aromatic carbocycles. The second kappa shape index (κ2) is 9.02. The van der Waals surface area contributed by atoms with E-state index in [1.165, 1.54) is 13.2 Å². The van der Waals surface area contributed by atoms with Crippen molar-refractivity contribution in [3.63, 3.8) is 0 Å². The minimum Gasteiger partial charge on any atom is -0.490 e. The van der Waals surface area contributed by atoms with Gasteiger partial charge in [-0.15, -0.1) is 0 Å². The molecule has 2 aliphatic rings. The molecular weight excluding hydrogens is 425 g/mol. The maximum atomic E-state index is 13.6. The van der Waals surface area contributed by atoms with Crippen molar-refractivity contribution >= 4 is 17.6 Å². The van der Waals surface area contributed by atoms with Gasteiger partial charge in [0.25, 0.3) is 0 Å². The van der Waals surface area contributed by atoms with E-state index in [0.717, 1.165) is 55.8 Å². The van der Waals surface area contributed by atoms with Gasteiger partial charge in [-0.3, -0.25) is 0 Å². The van der Waals surface area contributed by atoms with Crippen molar-refractivity contribution in [2.45, 2.75) is 31.0 Å². The Balaban J connectivity index is 1.28. The monoisotopic (exact) mass is 449 g/mol. The Morgan fingerprint density at radius 2 is 2.06 bits per heavy atom. The number of hydrogen-bond acceptors (Lipinski definition) is 6. The highest BCUT2D eigenvalue weighted by molar-refractivity contribution is 6.30. The number of nitrogens with zero attached hydrogens (tertiary/aromatic N) is 1. The van der Waals surface area contributed by atoms with Crippen LogP contribution in [-0.4, -0.2) is 61.0 Å². The number of halogens is 2. The smallest absolute Gasteiger partial charge is 0.341 e. The number of aliphatic hydroxyl groups is 1. The largest absolute Gasteiger partial charge is 0.490 e. The Hall–Kier alpha value is -2.35. The third-order valence-electron chi connectivity index (χ3n) is 5.88. The third-order valence-corrected chi connectivity index (χ3v) is 6.11. The van der Waals surface area contributed by atoms with Gasteiger partial charge in [-0.25, -0.2) is 9.18 Å². The van der Waals surface area contributed by atoms with Gasteiger partial charge in [0, 0.05) is 50.0 Å². The van der Waals surface area contributed by atoms with Gasteiger partial charge in [0.05, 0.1) is 7.11 Å². The lowest BCUT2D eigenvalue weighted by Gasteiger charge is -2.39. The molecule has 0 saturated carbocycles. The summed E-state index contributed by atoms with van der Waals surface area (Å²) in [6.45, 7) is 1.92. The highest BCUT2D eigenvalue weighted by atomic mass is 35.5. The van der Waals surface area contributed by atoms with Crippen molar-refractivity contribution in [1.82, 2.24) is 4.90 Å². The summed E-state index contributed by atoms with van der Waals surface area (Å²) >= 11 is 6.10. The lowest BCUT2D eigenvalue weighted by atomic mass is 9.87. The van der Waals surface area contributed by atoms with E-state index in [2.05, 4.69) is 9.64 Å². The summed E-state index contributed by atoms with van der Waals surface area (Å²) in [4.78, 5) is 14.0. The molecule has 8 heteroatoms. The molecule has 1 spiro atoms. The van der Waals surface area contributed by atoms with Crippen molar-refractivity contribution < 1.29 is 28.5 Å². The predicted molar refractivity (Wildman–Crippen MR) is 113 cm³/mol. The van der Waals surface area contributed by atoms with Gasteiger partial charge in [0.15, 0.2) is 0 Å². The highest BCUT2D eigenvalue weighted by Gasteiger charge is 2.42. The molecule has 0 radical (unpaired) electrons. The highest BCUT2D eigenvalue weighted by Crippen LogP contribution is 2.41. The van der Waals surface area contributed by atoms with Gasteiger partial charge in [0.2, 0.25) is 0 Å². The van der Waals surface area contributed by atoms with Crippen molar-refractivity contribution in [2.75, 3.05) is 33.4 Å². The van der Waals surface area contributed by atoms with Crippen molar-refractivity contribution in [1.29, 1.82) is 0 Å². The summed E-state index contributed by atoms with van der Waals surface area (Å²) in [6.07, 6.45) is 1.76. The molecule has 2 heterocycles. The normalized spacial score (nSPS) is 18.3. The van der Waals surface area contributed by atoms with Crippen molar-refractivity contribution in [3.8, 4) is 11.5 Å². The van der Waals surface area contributed by atoms with E-state index in [1.807, 2.05) is 18.2 Å². The number of benzene rings is 2. The Labute approximate surface area is 185 Å². The number of carbonyl (C=O) groups is 1. The number of aliphatic hydroxyl groups excluding tert-OH is 1. The SMILES string of the molecule is COC(=O)c1ccc(F)cc1OC[C@H](O)CN1CCC2(CC1)Cc1cc(Cl)ccc1O2. The van der Waals surface area contributed by atoms with Crippen molar-refractivity contribution in [3.05, 3.63) is 58.4 Å². The fourth-order valence-corrected chi connectivity index (χ4v) is 4.45. The average Bonchev–Trinajstić information content (AvgIpc) is 3.10. The number of esters is 1. The van der Waals surface area contributed by atoms with E-state index in [9.17, 15) is 14.3 Å². The van der Waals surface area contributed by atoms with Crippen LogP contribution in [0.25, 0.3) is 0 Å². The molecule has 0 bridgehead atoms. The number of piperidine rings is 1. The fourth-order valence-electron chi connectivity index (χ4n) is 4.26. The molecule has 1 saturated heterocycles. The first-order valence-corrected chi connectivity index (χ1v) is 10.6. The molecule has 2 aromatic rings. The molecule has 1 fully saturated rings. The average molecular weight is 450 g/mol. The molecule has 0 aliphatic carbocycles. The number of β-amino-alcohol motifs (C(OH)–C–C–N with tert-alkyl or cyclic N) is 1. The molecule has 1 atom stereocenters. The first-order chi connectivity index (χ1) is 14.9. The molecule has 0 amide bonds. The fraction of sp³-hybridized carbons (Fsp3) is 0.435. The predicted octanol–water partition coefficient (Wildman–Crippen LogP) is 3.48. The zero-order valence-electron chi connectivity index (χ0n) is 17.3. The standard InChI is InChI=1S/C23H25ClFNO5/c1-29-22(28)19-4-3-17(25)11-21(19)30-14-18(27)13-26-8-6-23(7-9-26)12-15-10-16(24)2-5-20(15)31-23/h2-5,10-11,18,27H,6-9,12-14H2,1H3/t18-/m1/s1. The Morgan fingerprint density at radius 3 is 2.81 bits per heavy atom. The van der Waals surface area contributed by atoms with Gasteiger partial charge < -0.3 is 24.2 Å². The second-order valence-electron chi connectivity index (χ2n) is 8.11. The first-order valence-electron chi connectivity index (χ1n) is 10.3. The first kappa shape index (κ1) is 21.9. The number of rotatable bonds is 6. The zero-order chi connectivity index (χ0) is 22.0. The van der Waals surface area contributed by atoms with Crippen molar-refractivity contribution in [2.24, 2.45) is 0 Å². The summed E-state index contributed by atoms with van der Waals surface area (Å²) in [7, 11) is 1.24. The number of hydrogen-bond donors (Lipinski definition) is 1. The molecule has 0 aromatic heterocycles. The van der Waals surface area contributed by atoms with E-state index < -0.39 is 17.9 Å². The topological polar surface area (TPSA) is 68.2 Å². The number of ether oxygens (including phenoxy) is 3. The molecule has 0 unspecified atom stereocenters. The van der Waals surface area contributed by atoms with Crippen LogP contribution in [0.3, 0.4) is 0 Å². The van der Waals surface area contributed by atoms with Gasteiger partial charge in [0.1, 0.15) is 41.2 Å². The Bertz CT molecular complexity index is 961. The minimum atomic E-state index is -0.789. The molecule has 166 valence electrons. The van der Waals surface area contributed by atoms with Crippen LogP contribution < -0.4 is 9.47 Å². The minimum absolute atomic E-state index is 0.0549. The number of fused-ring (bicyclic) bond motifs is 1. The Morgan fingerprint density at radius 1 is 1.29 bits per heavy atom. The van der Waals surface area contributed by atoms with Crippen LogP contribution in [0.1, 0.15) is 28.8 Å². The molecular formula is C23H25ClFNO5. The number of likely N-dealkylation sites (tertiary alicyclic amines) is 1. The van der Waals surface area contributed by atoms with Gasteiger partial charge in [-0.1, -0.05) is 11.6 Å². The lowest BCUT2D eigenvalue weighted by Crippen LogP contribution is -2.49. The van der Waals surface area contributed by atoms with E-state index >= 15 is 0 Å². The number of carbonyl (C=O) groups excluding carboxylic acids is 1. The Kier molecular flexibility index (Phi) is 6.36. The van der Waals surface area contributed by atoms with Crippen LogP contribution in [0.15, 0.2) is 36.4 Å². The summed E-state index contributed by atoms with van der Waals surface area (Å²) < 4.78 is 30.0. The zero-order valence-corrected chi connectivity index (χ0v) is 18.0. The second-order valence-corrected chi connectivity index (χ2v) is 8.55. The third kappa shape index (κ3) is 4.95. The molecule has 6 nitrogen and oxygen atoms in total. The maximum Gasteiger partial charge on any atom is 0.341 e. The molecule has 31 heavy (non-hydrogen) atoms. The van der Waals surface area contributed by atoms with Crippen LogP contribution in [0, 0.1) is 5.82 Å². The van der Waals surface area contributed by atoms with Crippen LogP contribution in [0.2, 0.25) is 5.02 Å². The summed E-state index contributed by atoms with van der Waals surface area (Å²) in [5.74, 6) is -0.191. The van der Waals surface area contributed by atoms with E-state index in [1.54, 1.807) is 0 Å². The summed E-state index contributed by atoms with van der Waals surface area (Å²) in [5.41, 5.74) is 1.06.